The summed E-state index contributed by atoms with van der Waals surface area (Å²) >= 11 is 5.84. The van der Waals surface area contributed by atoms with Gasteiger partial charge in [-0.3, -0.25) is 9.59 Å². The smallest absolute Gasteiger partial charge is 0.329 e. The molecule has 0 bridgehead atoms. The first-order chi connectivity index (χ1) is 11.0. The van der Waals surface area contributed by atoms with Gasteiger partial charge in [-0.05, 0) is 31.0 Å². The highest BCUT2D eigenvalue weighted by molar-refractivity contribution is 6.35. The van der Waals surface area contributed by atoms with Crippen molar-refractivity contribution < 1.29 is 24.2 Å². The lowest BCUT2D eigenvalue weighted by Gasteiger charge is -2.09. The number of benzene rings is 1. The number of hydrogen-bond donors (Lipinski definition) is 2. The third-order valence-corrected chi connectivity index (χ3v) is 3.04. The first-order valence-electron chi connectivity index (χ1n) is 6.72. The molecular weight excluding hydrogens is 326 g/mol. The van der Waals surface area contributed by atoms with Crippen LogP contribution in [-0.4, -0.2) is 36.6 Å². The number of carboxylic acids is 1. The Balaban J connectivity index is 1.96. The molecule has 1 aromatic carbocycles. The van der Waals surface area contributed by atoms with Crippen molar-refractivity contribution in [1.82, 2.24) is 10.7 Å². The van der Waals surface area contributed by atoms with E-state index in [9.17, 15) is 19.5 Å². The molecule has 1 saturated carbocycles. The molecule has 0 spiro atoms. The summed E-state index contributed by atoms with van der Waals surface area (Å²) in [6.45, 7) is -0.640. The van der Waals surface area contributed by atoms with Gasteiger partial charge in [0, 0.05) is 16.6 Å². The molecule has 1 aliphatic carbocycles. The number of ether oxygens (including phenoxy) is 1. The van der Waals surface area contributed by atoms with Crippen LogP contribution in [0.1, 0.15) is 18.4 Å². The van der Waals surface area contributed by atoms with Crippen molar-refractivity contribution >= 4 is 35.6 Å². The Bertz CT molecular complexity index is 658. The number of amides is 2. The molecule has 1 aliphatic rings. The van der Waals surface area contributed by atoms with Crippen LogP contribution >= 0.6 is 11.6 Å². The molecule has 2 rings (SSSR count). The SMILES string of the molecule is O=C([O-])COc1ccc(Cl)cc1/C=N\NC(=O)C(=O)NC1CC1. The van der Waals surface area contributed by atoms with E-state index in [1.54, 1.807) is 0 Å². The zero-order valence-electron chi connectivity index (χ0n) is 11.9. The zero-order chi connectivity index (χ0) is 16.8. The lowest BCUT2D eigenvalue weighted by atomic mass is 10.2. The zero-order valence-corrected chi connectivity index (χ0v) is 12.6. The Morgan fingerprint density at radius 2 is 2.09 bits per heavy atom. The molecule has 0 atom stereocenters. The van der Waals surface area contributed by atoms with Crippen molar-refractivity contribution in [3.63, 3.8) is 0 Å². The van der Waals surface area contributed by atoms with E-state index in [2.05, 4.69) is 15.8 Å². The average Bonchev–Trinajstić information content (AvgIpc) is 3.30. The van der Waals surface area contributed by atoms with Crippen LogP contribution in [0.15, 0.2) is 23.3 Å². The molecule has 0 heterocycles. The topological polar surface area (TPSA) is 120 Å². The van der Waals surface area contributed by atoms with Gasteiger partial charge in [-0.15, -0.1) is 0 Å². The van der Waals surface area contributed by atoms with Gasteiger partial charge in [-0.2, -0.15) is 5.10 Å². The van der Waals surface area contributed by atoms with E-state index in [0.717, 1.165) is 12.8 Å². The van der Waals surface area contributed by atoms with Crippen molar-refractivity contribution in [2.24, 2.45) is 5.10 Å². The molecule has 8 nitrogen and oxygen atoms in total. The number of hydrazone groups is 1. The highest BCUT2D eigenvalue weighted by Gasteiger charge is 2.26. The van der Waals surface area contributed by atoms with E-state index in [0.29, 0.717) is 10.6 Å². The fourth-order valence-electron chi connectivity index (χ4n) is 1.58. The highest BCUT2D eigenvalue weighted by Crippen LogP contribution is 2.21. The summed E-state index contributed by atoms with van der Waals surface area (Å²) in [6.07, 6.45) is 2.92. The summed E-state index contributed by atoms with van der Waals surface area (Å²) in [6, 6.07) is 4.49. The molecule has 0 aliphatic heterocycles. The van der Waals surface area contributed by atoms with Crippen molar-refractivity contribution in [1.29, 1.82) is 0 Å². The van der Waals surface area contributed by atoms with Gasteiger partial charge < -0.3 is 20.0 Å². The average molecular weight is 339 g/mol. The minimum atomic E-state index is -1.38. The van der Waals surface area contributed by atoms with Gasteiger partial charge in [0.25, 0.3) is 0 Å². The Hall–Kier alpha value is -2.61. The first kappa shape index (κ1) is 16.8. The predicted molar refractivity (Wildman–Crippen MR) is 78.9 cm³/mol. The summed E-state index contributed by atoms with van der Waals surface area (Å²) in [4.78, 5) is 33.3. The van der Waals surface area contributed by atoms with Crippen molar-refractivity contribution in [3.05, 3.63) is 28.8 Å². The molecule has 1 aromatic rings. The molecule has 0 saturated heterocycles. The monoisotopic (exact) mass is 338 g/mol. The summed E-state index contributed by atoms with van der Waals surface area (Å²) in [5.74, 6) is -2.84. The fourth-order valence-corrected chi connectivity index (χ4v) is 1.76. The third kappa shape index (κ3) is 5.59. The number of carbonyl (C=O) groups is 3. The maximum atomic E-state index is 11.5. The molecular formula is C14H13ClN3O5-. The standard InChI is InChI=1S/C14H14ClN3O5/c15-9-1-4-11(23-7-12(19)20)8(5-9)6-16-18-14(22)13(21)17-10-2-3-10/h1,4-6,10H,2-3,7H2,(H,17,21)(H,18,22)(H,19,20)/p-1/b16-6-. The molecule has 0 radical (unpaired) electrons. The second-order valence-electron chi connectivity index (χ2n) is 4.79. The Morgan fingerprint density at radius 3 is 2.74 bits per heavy atom. The van der Waals surface area contributed by atoms with Gasteiger partial charge in [0.05, 0.1) is 12.2 Å². The fraction of sp³-hybridized carbons (Fsp3) is 0.286. The normalized spacial score (nSPS) is 13.6. The number of nitrogens with one attached hydrogen (secondary N) is 2. The van der Waals surface area contributed by atoms with Gasteiger partial charge in [-0.1, -0.05) is 11.6 Å². The molecule has 9 heteroatoms. The van der Waals surface area contributed by atoms with Crippen molar-refractivity contribution in [3.8, 4) is 5.75 Å². The van der Waals surface area contributed by atoms with Crippen LogP contribution in [0.3, 0.4) is 0 Å². The Morgan fingerprint density at radius 1 is 1.35 bits per heavy atom. The van der Waals surface area contributed by atoms with Crippen LogP contribution < -0.4 is 20.6 Å². The van der Waals surface area contributed by atoms with Crippen LogP contribution in [0, 0.1) is 0 Å². The predicted octanol–water partition coefficient (Wildman–Crippen LogP) is -0.803. The van der Waals surface area contributed by atoms with Gasteiger partial charge in [0.15, 0.2) is 0 Å². The maximum absolute atomic E-state index is 11.5. The van der Waals surface area contributed by atoms with Gasteiger partial charge in [0.1, 0.15) is 12.4 Å². The number of carboxylic acid groups (broad SMARTS) is 1. The van der Waals surface area contributed by atoms with E-state index in [1.807, 2.05) is 0 Å². The summed E-state index contributed by atoms with van der Waals surface area (Å²) in [5, 5.41) is 16.9. The largest absolute Gasteiger partial charge is 0.546 e. The Labute approximate surface area is 136 Å². The van der Waals surface area contributed by atoms with Gasteiger partial charge >= 0.3 is 11.8 Å². The number of hydrogen-bond acceptors (Lipinski definition) is 6. The van der Waals surface area contributed by atoms with Crippen LogP contribution in [-0.2, 0) is 14.4 Å². The molecule has 0 unspecified atom stereocenters. The van der Waals surface area contributed by atoms with Crippen LogP contribution in [0.2, 0.25) is 5.02 Å². The lowest BCUT2D eigenvalue weighted by molar-refractivity contribution is -0.307. The molecule has 2 N–H and O–H groups in total. The van der Waals surface area contributed by atoms with Gasteiger partial charge in [-0.25, -0.2) is 5.43 Å². The minimum absolute atomic E-state index is 0.0646. The number of nitrogens with zero attached hydrogens (tertiary/aromatic N) is 1. The maximum Gasteiger partial charge on any atom is 0.329 e. The van der Waals surface area contributed by atoms with E-state index >= 15 is 0 Å². The number of aliphatic carboxylic acids is 1. The molecule has 122 valence electrons. The first-order valence-corrected chi connectivity index (χ1v) is 7.09. The van der Waals surface area contributed by atoms with Crippen LogP contribution in [0.25, 0.3) is 0 Å². The van der Waals surface area contributed by atoms with Gasteiger partial charge in [0.2, 0.25) is 0 Å². The number of halogens is 1. The minimum Gasteiger partial charge on any atom is -0.546 e. The second-order valence-corrected chi connectivity index (χ2v) is 5.23. The number of carbonyl (C=O) groups excluding carboxylic acids is 3. The summed E-state index contributed by atoms with van der Waals surface area (Å²) < 4.78 is 5.02. The second kappa shape index (κ2) is 7.59. The van der Waals surface area contributed by atoms with Crippen LogP contribution in [0.5, 0.6) is 5.75 Å². The quantitative estimate of drug-likeness (QED) is 0.399. The van der Waals surface area contributed by atoms with E-state index in [1.165, 1.54) is 24.4 Å². The highest BCUT2D eigenvalue weighted by atomic mass is 35.5. The molecule has 0 aromatic heterocycles. The van der Waals surface area contributed by atoms with E-state index < -0.39 is 24.4 Å². The summed E-state index contributed by atoms with van der Waals surface area (Å²) in [5.41, 5.74) is 2.40. The molecule has 23 heavy (non-hydrogen) atoms. The number of rotatable bonds is 6. The van der Waals surface area contributed by atoms with Crippen LogP contribution in [0.4, 0.5) is 0 Å². The summed E-state index contributed by atoms with van der Waals surface area (Å²) in [7, 11) is 0. The lowest BCUT2D eigenvalue weighted by Crippen LogP contribution is -2.38. The molecule has 1 fully saturated rings. The molecule has 2 amide bonds. The van der Waals surface area contributed by atoms with E-state index in [4.69, 9.17) is 16.3 Å². The van der Waals surface area contributed by atoms with Crippen molar-refractivity contribution in [2.45, 2.75) is 18.9 Å². The Kier molecular flexibility index (Phi) is 5.53. The third-order valence-electron chi connectivity index (χ3n) is 2.81. The van der Waals surface area contributed by atoms with Crippen molar-refractivity contribution in [2.75, 3.05) is 6.61 Å². The van der Waals surface area contributed by atoms with E-state index in [-0.39, 0.29) is 11.8 Å².